The first kappa shape index (κ1) is 11.4. The molecule has 5 nitrogen and oxygen atoms in total. The van der Waals surface area contributed by atoms with Crippen molar-refractivity contribution in [2.24, 2.45) is 0 Å². The van der Waals surface area contributed by atoms with E-state index in [2.05, 4.69) is 0 Å². The number of aromatic hydroxyl groups is 2. The third kappa shape index (κ3) is 2.55. The third-order valence-electron chi connectivity index (χ3n) is 2.76. The van der Waals surface area contributed by atoms with Gasteiger partial charge in [0.1, 0.15) is 17.3 Å². The van der Waals surface area contributed by atoms with Crippen LogP contribution in [-0.4, -0.2) is 39.9 Å². The smallest absolute Gasteiger partial charge is 0.254 e. The van der Waals surface area contributed by atoms with E-state index in [1.165, 1.54) is 12.1 Å². The Morgan fingerprint density at radius 3 is 2.12 bits per heavy atom. The van der Waals surface area contributed by atoms with Crippen molar-refractivity contribution in [1.82, 2.24) is 4.90 Å². The second-order valence-corrected chi connectivity index (χ2v) is 4.07. The summed E-state index contributed by atoms with van der Waals surface area (Å²) in [6.07, 6.45) is 0.743. The van der Waals surface area contributed by atoms with Gasteiger partial charge in [-0.2, -0.15) is 0 Å². The number of hydrogen-bond donors (Lipinski definition) is 2. The summed E-state index contributed by atoms with van der Waals surface area (Å²) in [4.78, 5) is 24.6. The molecule has 0 aliphatic carbocycles. The van der Waals surface area contributed by atoms with E-state index < -0.39 is 0 Å². The molecule has 0 unspecified atom stereocenters. The van der Waals surface area contributed by atoms with Crippen LogP contribution >= 0.6 is 0 Å². The summed E-state index contributed by atoms with van der Waals surface area (Å²) in [5.41, 5.74) is 0.233. The zero-order valence-electron chi connectivity index (χ0n) is 9.22. The first-order chi connectivity index (χ1) is 8.06. The van der Waals surface area contributed by atoms with Crippen LogP contribution in [-0.2, 0) is 4.79 Å². The van der Waals surface area contributed by atoms with Crippen molar-refractivity contribution in [3.63, 3.8) is 0 Å². The molecule has 17 heavy (non-hydrogen) atoms. The van der Waals surface area contributed by atoms with E-state index in [9.17, 15) is 19.8 Å². The van der Waals surface area contributed by atoms with Gasteiger partial charge in [-0.3, -0.25) is 9.59 Å². The largest absolute Gasteiger partial charge is 0.508 e. The molecule has 2 N–H and O–H groups in total. The fourth-order valence-electron chi connectivity index (χ4n) is 1.86. The van der Waals surface area contributed by atoms with Gasteiger partial charge in [0.15, 0.2) is 0 Å². The molecule has 90 valence electrons. The number of piperidine rings is 1. The Morgan fingerprint density at radius 1 is 1.06 bits per heavy atom. The Hall–Kier alpha value is -2.04. The van der Waals surface area contributed by atoms with E-state index in [0.29, 0.717) is 25.9 Å². The average Bonchev–Trinajstić information content (AvgIpc) is 2.28. The number of ketones is 1. The Labute approximate surface area is 98.3 Å². The number of Topliss-reactive ketones (excluding diaryl/α,β-unsaturated/α-hetero) is 1. The fourth-order valence-corrected chi connectivity index (χ4v) is 1.86. The zero-order chi connectivity index (χ0) is 12.4. The molecule has 0 saturated carbocycles. The molecule has 0 aromatic heterocycles. The molecule has 0 radical (unpaired) electrons. The van der Waals surface area contributed by atoms with Gasteiger partial charge in [0.25, 0.3) is 5.91 Å². The Kier molecular flexibility index (Phi) is 2.99. The molecule has 1 aromatic rings. The summed E-state index contributed by atoms with van der Waals surface area (Å²) in [7, 11) is 0. The average molecular weight is 235 g/mol. The molecule has 2 rings (SSSR count). The second-order valence-electron chi connectivity index (χ2n) is 4.07. The van der Waals surface area contributed by atoms with Gasteiger partial charge in [-0.05, 0) is 12.1 Å². The maximum Gasteiger partial charge on any atom is 0.254 e. The molecule has 1 aliphatic heterocycles. The lowest BCUT2D eigenvalue weighted by Crippen LogP contribution is -2.38. The second kappa shape index (κ2) is 4.45. The number of phenolic OH excluding ortho intramolecular Hbond substituents is 2. The summed E-state index contributed by atoms with van der Waals surface area (Å²) in [6.45, 7) is 0.794. The van der Waals surface area contributed by atoms with Crippen LogP contribution in [0.5, 0.6) is 11.5 Å². The van der Waals surface area contributed by atoms with Crippen LogP contribution in [0.4, 0.5) is 0 Å². The van der Waals surface area contributed by atoms with Crippen LogP contribution in [0.1, 0.15) is 23.2 Å². The number of carbonyl (C=O) groups excluding carboxylic acids is 2. The Morgan fingerprint density at radius 2 is 1.59 bits per heavy atom. The number of benzene rings is 1. The Bertz CT molecular complexity index is 439. The van der Waals surface area contributed by atoms with Gasteiger partial charge < -0.3 is 15.1 Å². The van der Waals surface area contributed by atoms with Gasteiger partial charge in [0.05, 0.1) is 0 Å². The van der Waals surface area contributed by atoms with Crippen molar-refractivity contribution in [1.29, 1.82) is 0 Å². The lowest BCUT2D eigenvalue weighted by Gasteiger charge is -2.26. The predicted molar refractivity (Wildman–Crippen MR) is 59.9 cm³/mol. The molecule has 1 aliphatic rings. The van der Waals surface area contributed by atoms with Gasteiger partial charge in [0, 0.05) is 37.6 Å². The van der Waals surface area contributed by atoms with E-state index in [0.717, 1.165) is 6.07 Å². The maximum absolute atomic E-state index is 12.0. The van der Waals surface area contributed by atoms with Gasteiger partial charge >= 0.3 is 0 Å². The number of nitrogens with zero attached hydrogens (tertiary/aromatic N) is 1. The fraction of sp³-hybridized carbons (Fsp3) is 0.333. The zero-order valence-corrected chi connectivity index (χ0v) is 9.22. The highest BCUT2D eigenvalue weighted by atomic mass is 16.3. The number of rotatable bonds is 1. The van der Waals surface area contributed by atoms with Crippen molar-refractivity contribution in [2.75, 3.05) is 13.1 Å². The van der Waals surface area contributed by atoms with E-state index in [-0.39, 0.29) is 28.8 Å². The normalized spacial score (nSPS) is 16.0. The standard InChI is InChI=1S/C12H13NO4/c14-9-1-3-13(4-2-9)12(17)8-5-10(15)7-11(16)6-8/h5-7,15-16H,1-4H2. The summed E-state index contributed by atoms with van der Waals surface area (Å²) >= 11 is 0. The first-order valence-corrected chi connectivity index (χ1v) is 5.40. The summed E-state index contributed by atoms with van der Waals surface area (Å²) in [5, 5.41) is 18.6. The van der Waals surface area contributed by atoms with Gasteiger partial charge in [-0.25, -0.2) is 0 Å². The van der Waals surface area contributed by atoms with Crippen molar-refractivity contribution in [3.05, 3.63) is 23.8 Å². The van der Waals surface area contributed by atoms with Crippen molar-refractivity contribution in [3.8, 4) is 11.5 Å². The molecular weight excluding hydrogens is 222 g/mol. The van der Waals surface area contributed by atoms with Crippen LogP contribution in [0, 0.1) is 0 Å². The number of hydrogen-bond acceptors (Lipinski definition) is 4. The number of amides is 1. The summed E-state index contributed by atoms with van der Waals surface area (Å²) in [6, 6.07) is 3.77. The Balaban J connectivity index is 2.16. The molecule has 1 amide bonds. The monoisotopic (exact) mass is 235 g/mol. The lowest BCUT2D eigenvalue weighted by atomic mass is 10.1. The van der Waals surface area contributed by atoms with Crippen LogP contribution in [0.15, 0.2) is 18.2 Å². The minimum Gasteiger partial charge on any atom is -0.508 e. The highest BCUT2D eigenvalue weighted by molar-refractivity contribution is 5.96. The molecule has 0 atom stereocenters. The van der Waals surface area contributed by atoms with Gasteiger partial charge in [0.2, 0.25) is 0 Å². The van der Waals surface area contributed by atoms with E-state index in [1.807, 2.05) is 0 Å². The van der Waals surface area contributed by atoms with Crippen LogP contribution in [0.2, 0.25) is 0 Å². The van der Waals surface area contributed by atoms with Gasteiger partial charge in [-0.15, -0.1) is 0 Å². The van der Waals surface area contributed by atoms with E-state index in [4.69, 9.17) is 0 Å². The highest BCUT2D eigenvalue weighted by Crippen LogP contribution is 2.22. The van der Waals surface area contributed by atoms with Crippen molar-refractivity contribution in [2.45, 2.75) is 12.8 Å². The highest BCUT2D eigenvalue weighted by Gasteiger charge is 2.22. The molecule has 0 spiro atoms. The van der Waals surface area contributed by atoms with Crippen molar-refractivity contribution >= 4 is 11.7 Å². The molecule has 1 fully saturated rings. The molecule has 5 heteroatoms. The number of likely N-dealkylation sites (tertiary alicyclic amines) is 1. The SMILES string of the molecule is O=C1CCN(C(=O)c2cc(O)cc(O)c2)CC1. The quantitative estimate of drug-likeness (QED) is 0.758. The maximum atomic E-state index is 12.0. The van der Waals surface area contributed by atoms with Crippen LogP contribution in [0.3, 0.4) is 0 Å². The summed E-state index contributed by atoms with van der Waals surface area (Å²) < 4.78 is 0. The minimum atomic E-state index is -0.274. The molecule has 0 bridgehead atoms. The number of phenols is 2. The number of carbonyl (C=O) groups is 2. The molecular formula is C12H13NO4. The molecule has 1 saturated heterocycles. The predicted octanol–water partition coefficient (Wildman–Crippen LogP) is 0.903. The van der Waals surface area contributed by atoms with Crippen LogP contribution < -0.4 is 0 Å². The van der Waals surface area contributed by atoms with Crippen molar-refractivity contribution < 1.29 is 19.8 Å². The molecule has 1 aromatic carbocycles. The summed E-state index contributed by atoms with van der Waals surface area (Å²) in [5.74, 6) is -0.417. The lowest BCUT2D eigenvalue weighted by molar-refractivity contribution is -0.120. The van der Waals surface area contributed by atoms with Gasteiger partial charge in [-0.1, -0.05) is 0 Å². The van der Waals surface area contributed by atoms with E-state index >= 15 is 0 Å². The van der Waals surface area contributed by atoms with E-state index in [1.54, 1.807) is 4.90 Å². The minimum absolute atomic E-state index is 0.151. The van der Waals surface area contributed by atoms with Crippen LogP contribution in [0.25, 0.3) is 0 Å². The first-order valence-electron chi connectivity index (χ1n) is 5.40. The third-order valence-corrected chi connectivity index (χ3v) is 2.76. The topological polar surface area (TPSA) is 77.8 Å². The molecule has 1 heterocycles.